The topological polar surface area (TPSA) is 55.5 Å². The standard InChI is InChI=1S/C10H14BrNO2/c1-10(6-13,7-14-12)8-3-2-4-9(11)5-8/h2-5,13H,6-7,12H2,1H3. The molecule has 0 heterocycles. The molecule has 3 N–H and O–H groups in total. The van der Waals surface area contributed by atoms with Gasteiger partial charge in [0, 0.05) is 9.89 Å². The Morgan fingerprint density at radius 2 is 2.29 bits per heavy atom. The van der Waals surface area contributed by atoms with Gasteiger partial charge >= 0.3 is 0 Å². The molecule has 0 aliphatic rings. The Balaban J connectivity index is 2.99. The molecular weight excluding hydrogens is 246 g/mol. The minimum atomic E-state index is -0.446. The summed E-state index contributed by atoms with van der Waals surface area (Å²) in [6.45, 7) is 2.20. The number of hydrogen-bond acceptors (Lipinski definition) is 3. The van der Waals surface area contributed by atoms with E-state index in [4.69, 9.17) is 5.90 Å². The van der Waals surface area contributed by atoms with Crippen LogP contribution in [-0.2, 0) is 10.3 Å². The van der Waals surface area contributed by atoms with Crippen LogP contribution in [0.1, 0.15) is 12.5 Å². The number of rotatable bonds is 4. The molecule has 1 rings (SSSR count). The van der Waals surface area contributed by atoms with Gasteiger partial charge in [-0.1, -0.05) is 35.0 Å². The predicted molar refractivity (Wildman–Crippen MR) is 58.7 cm³/mol. The molecule has 0 bridgehead atoms. The second kappa shape index (κ2) is 4.89. The van der Waals surface area contributed by atoms with Crippen LogP contribution in [0, 0.1) is 0 Å². The van der Waals surface area contributed by atoms with E-state index in [9.17, 15) is 5.11 Å². The molecule has 0 saturated carbocycles. The number of benzene rings is 1. The predicted octanol–water partition coefficient (Wildman–Crippen LogP) is 1.59. The van der Waals surface area contributed by atoms with E-state index >= 15 is 0 Å². The first kappa shape index (κ1) is 11.7. The first-order valence-electron chi connectivity index (χ1n) is 4.31. The zero-order valence-electron chi connectivity index (χ0n) is 8.03. The SMILES string of the molecule is CC(CO)(CON)c1cccc(Br)c1. The second-order valence-corrected chi connectivity index (χ2v) is 4.46. The molecule has 0 spiro atoms. The third-order valence-electron chi connectivity index (χ3n) is 2.27. The summed E-state index contributed by atoms with van der Waals surface area (Å²) < 4.78 is 0.978. The van der Waals surface area contributed by atoms with Crippen LogP contribution in [0.2, 0.25) is 0 Å². The van der Waals surface area contributed by atoms with E-state index in [1.54, 1.807) is 0 Å². The molecule has 1 atom stereocenters. The van der Waals surface area contributed by atoms with Crippen LogP contribution in [0.4, 0.5) is 0 Å². The minimum Gasteiger partial charge on any atom is -0.395 e. The summed E-state index contributed by atoms with van der Waals surface area (Å²) in [6.07, 6.45) is 0. The summed E-state index contributed by atoms with van der Waals surface area (Å²) in [5.41, 5.74) is 0.554. The van der Waals surface area contributed by atoms with Crippen LogP contribution >= 0.6 is 15.9 Å². The molecule has 78 valence electrons. The van der Waals surface area contributed by atoms with Crippen LogP contribution < -0.4 is 5.90 Å². The number of hydrogen-bond donors (Lipinski definition) is 2. The Kier molecular flexibility index (Phi) is 4.07. The van der Waals surface area contributed by atoms with Crippen molar-refractivity contribution in [1.29, 1.82) is 0 Å². The van der Waals surface area contributed by atoms with Gasteiger partial charge in [-0.15, -0.1) is 0 Å². The molecule has 0 fully saturated rings. The van der Waals surface area contributed by atoms with Crippen molar-refractivity contribution in [1.82, 2.24) is 0 Å². The number of nitrogens with two attached hydrogens (primary N) is 1. The zero-order chi connectivity index (χ0) is 10.6. The summed E-state index contributed by atoms with van der Waals surface area (Å²) in [5, 5.41) is 9.31. The summed E-state index contributed by atoms with van der Waals surface area (Å²) in [7, 11) is 0. The molecule has 0 saturated heterocycles. The van der Waals surface area contributed by atoms with Gasteiger partial charge in [0.25, 0.3) is 0 Å². The molecule has 1 aromatic rings. The van der Waals surface area contributed by atoms with Gasteiger partial charge in [-0.05, 0) is 17.7 Å². The lowest BCUT2D eigenvalue weighted by Crippen LogP contribution is -2.33. The molecular formula is C10H14BrNO2. The molecule has 1 aromatic carbocycles. The van der Waals surface area contributed by atoms with E-state index in [0.29, 0.717) is 6.61 Å². The van der Waals surface area contributed by atoms with Gasteiger partial charge in [-0.25, -0.2) is 5.90 Å². The van der Waals surface area contributed by atoms with Crippen LogP contribution in [0.25, 0.3) is 0 Å². The smallest absolute Gasteiger partial charge is 0.0795 e. The molecule has 1 unspecified atom stereocenters. The fourth-order valence-electron chi connectivity index (χ4n) is 1.27. The van der Waals surface area contributed by atoms with Crippen LogP contribution in [0.5, 0.6) is 0 Å². The lowest BCUT2D eigenvalue weighted by molar-refractivity contribution is 0.0594. The largest absolute Gasteiger partial charge is 0.395 e. The highest BCUT2D eigenvalue weighted by Gasteiger charge is 2.26. The highest BCUT2D eigenvalue weighted by atomic mass is 79.9. The molecule has 0 aliphatic heterocycles. The van der Waals surface area contributed by atoms with Gasteiger partial charge in [0.2, 0.25) is 0 Å². The highest BCUT2D eigenvalue weighted by Crippen LogP contribution is 2.25. The zero-order valence-corrected chi connectivity index (χ0v) is 9.62. The number of aliphatic hydroxyl groups is 1. The fourth-order valence-corrected chi connectivity index (χ4v) is 1.67. The molecule has 3 nitrogen and oxygen atoms in total. The van der Waals surface area contributed by atoms with Crippen molar-refractivity contribution in [3.63, 3.8) is 0 Å². The Bertz CT molecular complexity index is 306. The number of halogens is 1. The van der Waals surface area contributed by atoms with Gasteiger partial charge < -0.3 is 9.94 Å². The lowest BCUT2D eigenvalue weighted by atomic mass is 9.84. The quantitative estimate of drug-likeness (QED) is 0.808. The Labute approximate surface area is 92.0 Å². The third kappa shape index (κ3) is 2.54. The van der Waals surface area contributed by atoms with E-state index in [1.807, 2.05) is 31.2 Å². The summed E-state index contributed by atoms with van der Waals surface area (Å²) >= 11 is 3.38. The van der Waals surface area contributed by atoms with Crippen molar-refractivity contribution >= 4 is 15.9 Å². The molecule has 14 heavy (non-hydrogen) atoms. The van der Waals surface area contributed by atoms with Crippen molar-refractivity contribution < 1.29 is 9.94 Å². The summed E-state index contributed by atoms with van der Waals surface area (Å²) in [4.78, 5) is 4.62. The van der Waals surface area contributed by atoms with Gasteiger partial charge in [0.15, 0.2) is 0 Å². The molecule has 4 heteroatoms. The maximum atomic E-state index is 9.31. The van der Waals surface area contributed by atoms with E-state index in [0.717, 1.165) is 10.0 Å². The van der Waals surface area contributed by atoms with Crippen molar-refractivity contribution in [2.45, 2.75) is 12.3 Å². The van der Waals surface area contributed by atoms with Crippen LogP contribution in [0.15, 0.2) is 28.7 Å². The summed E-state index contributed by atoms with van der Waals surface area (Å²) in [6, 6.07) is 7.75. The summed E-state index contributed by atoms with van der Waals surface area (Å²) in [5.74, 6) is 5.04. The maximum Gasteiger partial charge on any atom is 0.0795 e. The lowest BCUT2D eigenvalue weighted by Gasteiger charge is -2.26. The highest BCUT2D eigenvalue weighted by molar-refractivity contribution is 9.10. The van der Waals surface area contributed by atoms with Crippen molar-refractivity contribution in [3.8, 4) is 0 Å². The Hall–Kier alpha value is -0.420. The van der Waals surface area contributed by atoms with Gasteiger partial charge in [-0.3, -0.25) is 0 Å². The molecule has 0 amide bonds. The third-order valence-corrected chi connectivity index (χ3v) is 2.77. The van der Waals surface area contributed by atoms with E-state index in [1.165, 1.54) is 0 Å². The average Bonchev–Trinajstić information content (AvgIpc) is 2.18. The monoisotopic (exact) mass is 259 g/mol. The molecule has 0 aromatic heterocycles. The van der Waals surface area contributed by atoms with Gasteiger partial charge in [0.1, 0.15) is 0 Å². The fraction of sp³-hybridized carbons (Fsp3) is 0.400. The molecule has 0 radical (unpaired) electrons. The van der Waals surface area contributed by atoms with E-state index < -0.39 is 5.41 Å². The first-order chi connectivity index (χ1) is 6.62. The average molecular weight is 260 g/mol. The van der Waals surface area contributed by atoms with Crippen molar-refractivity contribution in [2.75, 3.05) is 13.2 Å². The van der Waals surface area contributed by atoms with E-state index in [-0.39, 0.29) is 6.61 Å². The van der Waals surface area contributed by atoms with Crippen LogP contribution in [-0.4, -0.2) is 18.3 Å². The van der Waals surface area contributed by atoms with Crippen molar-refractivity contribution in [3.05, 3.63) is 34.3 Å². The first-order valence-corrected chi connectivity index (χ1v) is 5.10. The normalized spacial score (nSPS) is 15.1. The Morgan fingerprint density at radius 1 is 1.57 bits per heavy atom. The second-order valence-electron chi connectivity index (χ2n) is 3.54. The molecule has 0 aliphatic carbocycles. The Morgan fingerprint density at radius 3 is 2.79 bits per heavy atom. The minimum absolute atomic E-state index is 0.000648. The van der Waals surface area contributed by atoms with E-state index in [2.05, 4.69) is 20.8 Å². The maximum absolute atomic E-state index is 9.31. The van der Waals surface area contributed by atoms with Crippen LogP contribution in [0.3, 0.4) is 0 Å². The van der Waals surface area contributed by atoms with Crippen molar-refractivity contribution in [2.24, 2.45) is 5.90 Å². The van der Waals surface area contributed by atoms with Gasteiger partial charge in [-0.2, -0.15) is 0 Å². The van der Waals surface area contributed by atoms with Gasteiger partial charge in [0.05, 0.1) is 13.2 Å². The number of aliphatic hydroxyl groups excluding tert-OH is 1.